The van der Waals surface area contributed by atoms with E-state index in [0.717, 1.165) is 39.3 Å². The molecule has 0 spiro atoms. The second-order valence-corrected chi connectivity index (χ2v) is 8.09. The Hall–Kier alpha value is -3.27. The zero-order valence-electron chi connectivity index (χ0n) is 18.7. The number of fused-ring (bicyclic) bond motifs is 1. The first-order valence-electron chi connectivity index (χ1n) is 10.9. The van der Waals surface area contributed by atoms with E-state index < -0.39 is 5.82 Å². The quantitative estimate of drug-likeness (QED) is 0.457. The molecule has 1 amide bonds. The molecule has 2 heterocycles. The zero-order valence-corrected chi connectivity index (χ0v) is 19.4. The Balaban J connectivity index is 1.49. The first kappa shape index (κ1) is 23.9. The van der Waals surface area contributed by atoms with Gasteiger partial charge < -0.3 is 20.1 Å². The number of benzene rings is 2. The Bertz CT molecular complexity index is 1200. The predicted octanol–water partition coefficient (Wildman–Crippen LogP) is 4.39. The van der Waals surface area contributed by atoms with Gasteiger partial charge in [0.2, 0.25) is 5.91 Å². The summed E-state index contributed by atoms with van der Waals surface area (Å²) in [5, 5.41) is 6.63. The largest absolute Gasteiger partial charge is 0.494 e. The average Bonchev–Trinajstić information content (AvgIpc) is 2.85. The number of carbonyl (C=O) groups excluding carboxylic acids is 1. The van der Waals surface area contributed by atoms with Gasteiger partial charge in [0, 0.05) is 36.8 Å². The van der Waals surface area contributed by atoms with Crippen LogP contribution in [0.3, 0.4) is 0 Å². The molecule has 34 heavy (non-hydrogen) atoms. The van der Waals surface area contributed by atoms with Crippen LogP contribution in [0.4, 0.5) is 21.6 Å². The topological polar surface area (TPSA) is 88.6 Å². The van der Waals surface area contributed by atoms with Gasteiger partial charge in [-0.3, -0.25) is 9.69 Å². The number of anilines is 3. The van der Waals surface area contributed by atoms with Crippen LogP contribution in [-0.2, 0) is 9.53 Å². The number of nitrogens with one attached hydrogen (secondary N) is 2. The van der Waals surface area contributed by atoms with Crippen molar-refractivity contribution in [2.24, 2.45) is 0 Å². The average molecular weight is 486 g/mol. The summed E-state index contributed by atoms with van der Waals surface area (Å²) in [6.45, 7) is 4.21. The Morgan fingerprint density at radius 2 is 2.09 bits per heavy atom. The predicted molar refractivity (Wildman–Crippen MR) is 130 cm³/mol. The smallest absolute Gasteiger partial charge is 0.248 e. The highest BCUT2D eigenvalue weighted by atomic mass is 35.5. The molecule has 0 saturated carbocycles. The lowest BCUT2D eigenvalue weighted by Gasteiger charge is -2.25. The van der Waals surface area contributed by atoms with Crippen molar-refractivity contribution in [3.05, 3.63) is 59.7 Å². The summed E-state index contributed by atoms with van der Waals surface area (Å²) in [4.78, 5) is 23.4. The van der Waals surface area contributed by atoms with Gasteiger partial charge in [0.1, 0.15) is 23.7 Å². The van der Waals surface area contributed by atoms with Gasteiger partial charge in [0.05, 0.1) is 36.6 Å². The van der Waals surface area contributed by atoms with Crippen molar-refractivity contribution in [3.63, 3.8) is 0 Å². The van der Waals surface area contributed by atoms with Crippen LogP contribution in [0.2, 0.25) is 5.02 Å². The van der Waals surface area contributed by atoms with E-state index in [4.69, 9.17) is 21.1 Å². The summed E-state index contributed by atoms with van der Waals surface area (Å²) in [6, 6.07) is 7.76. The van der Waals surface area contributed by atoms with Crippen LogP contribution < -0.4 is 15.4 Å². The number of amides is 1. The molecule has 3 aromatic rings. The number of carbonyl (C=O) groups is 1. The van der Waals surface area contributed by atoms with Gasteiger partial charge in [-0.05, 0) is 36.8 Å². The lowest BCUT2D eigenvalue weighted by molar-refractivity contribution is -0.111. The molecule has 0 aliphatic carbocycles. The number of aromatic nitrogens is 2. The van der Waals surface area contributed by atoms with Crippen LogP contribution in [0.5, 0.6) is 5.75 Å². The number of nitrogens with zero attached hydrogens (tertiary/aromatic N) is 3. The van der Waals surface area contributed by atoms with Gasteiger partial charge in [0.15, 0.2) is 0 Å². The van der Waals surface area contributed by atoms with Crippen molar-refractivity contribution in [3.8, 4) is 5.75 Å². The number of hydrogen-bond acceptors (Lipinski definition) is 7. The van der Waals surface area contributed by atoms with Crippen molar-refractivity contribution in [2.45, 2.75) is 6.42 Å². The monoisotopic (exact) mass is 485 g/mol. The summed E-state index contributed by atoms with van der Waals surface area (Å²) in [6.07, 6.45) is 5.55. The van der Waals surface area contributed by atoms with Gasteiger partial charge in [-0.15, -0.1) is 0 Å². The molecule has 2 aromatic carbocycles. The van der Waals surface area contributed by atoms with Crippen LogP contribution in [-0.4, -0.2) is 60.7 Å². The van der Waals surface area contributed by atoms with Crippen molar-refractivity contribution < 1.29 is 18.7 Å². The fraction of sp³-hybridized carbons (Fsp3) is 0.292. The SMILES string of the molecule is COc1cc2ncnc(Nc3ccc(F)c(Cl)c3)c2cc1NC(=O)C=CCCN1CCOCC1. The van der Waals surface area contributed by atoms with Crippen LogP contribution in [0, 0.1) is 5.82 Å². The van der Waals surface area contributed by atoms with E-state index in [1.165, 1.54) is 31.6 Å². The molecule has 0 unspecified atom stereocenters. The number of hydrogen-bond donors (Lipinski definition) is 2. The molecule has 1 saturated heterocycles. The molecular weight excluding hydrogens is 461 g/mol. The third kappa shape index (κ3) is 5.99. The summed E-state index contributed by atoms with van der Waals surface area (Å²) < 4.78 is 24.3. The molecule has 2 N–H and O–H groups in total. The van der Waals surface area contributed by atoms with E-state index in [9.17, 15) is 9.18 Å². The van der Waals surface area contributed by atoms with Crippen molar-refractivity contribution >= 4 is 45.6 Å². The summed E-state index contributed by atoms with van der Waals surface area (Å²) in [5.74, 6) is 0.174. The molecule has 8 nitrogen and oxygen atoms in total. The van der Waals surface area contributed by atoms with Gasteiger partial charge >= 0.3 is 0 Å². The lowest BCUT2D eigenvalue weighted by Crippen LogP contribution is -2.36. The summed E-state index contributed by atoms with van der Waals surface area (Å²) in [5.41, 5.74) is 1.66. The maximum atomic E-state index is 13.5. The fourth-order valence-electron chi connectivity index (χ4n) is 3.61. The molecule has 1 aliphatic heterocycles. The molecule has 10 heteroatoms. The van der Waals surface area contributed by atoms with Crippen molar-refractivity contribution in [1.82, 2.24) is 14.9 Å². The Morgan fingerprint density at radius 1 is 1.26 bits per heavy atom. The van der Waals surface area contributed by atoms with Gasteiger partial charge in [-0.2, -0.15) is 0 Å². The Kier molecular flexibility index (Phi) is 7.89. The third-order valence-electron chi connectivity index (χ3n) is 5.38. The summed E-state index contributed by atoms with van der Waals surface area (Å²) in [7, 11) is 1.52. The lowest BCUT2D eigenvalue weighted by atomic mass is 10.1. The van der Waals surface area contributed by atoms with Crippen LogP contribution >= 0.6 is 11.6 Å². The van der Waals surface area contributed by atoms with Crippen LogP contribution in [0.25, 0.3) is 10.9 Å². The highest BCUT2D eigenvalue weighted by molar-refractivity contribution is 6.31. The maximum Gasteiger partial charge on any atom is 0.248 e. The van der Waals surface area contributed by atoms with Crippen LogP contribution in [0.15, 0.2) is 48.8 Å². The first-order valence-corrected chi connectivity index (χ1v) is 11.2. The molecular formula is C24H25ClFN5O3. The van der Waals surface area contributed by atoms with E-state index in [-0.39, 0.29) is 10.9 Å². The van der Waals surface area contributed by atoms with Crippen molar-refractivity contribution in [2.75, 3.05) is 50.6 Å². The van der Waals surface area contributed by atoms with E-state index in [1.54, 1.807) is 18.2 Å². The minimum absolute atomic E-state index is 0.00149. The molecule has 0 atom stereocenters. The number of morpholine rings is 1. The van der Waals surface area contributed by atoms with E-state index >= 15 is 0 Å². The van der Waals surface area contributed by atoms with E-state index in [1.807, 2.05) is 6.08 Å². The first-order chi connectivity index (χ1) is 16.5. The normalized spacial score (nSPS) is 14.4. The number of rotatable bonds is 8. The summed E-state index contributed by atoms with van der Waals surface area (Å²) >= 11 is 5.89. The highest BCUT2D eigenvalue weighted by Gasteiger charge is 2.13. The third-order valence-corrected chi connectivity index (χ3v) is 5.67. The zero-order chi connectivity index (χ0) is 23.9. The van der Waals surface area contributed by atoms with Gasteiger partial charge in [0.25, 0.3) is 0 Å². The molecule has 0 bridgehead atoms. The fourth-order valence-corrected chi connectivity index (χ4v) is 3.79. The van der Waals surface area contributed by atoms with E-state index in [2.05, 4.69) is 25.5 Å². The second kappa shape index (κ2) is 11.2. The minimum atomic E-state index is -0.507. The molecule has 4 rings (SSSR count). The number of halogens is 2. The second-order valence-electron chi connectivity index (χ2n) is 7.68. The standard InChI is InChI=1S/C24H25ClFN5O3/c1-33-22-14-20-17(24(28-15-27-20)29-16-5-6-19(26)18(25)12-16)13-21(22)30-23(32)4-2-3-7-31-8-10-34-11-9-31/h2,4-6,12-15H,3,7-11H2,1H3,(H,30,32)(H,27,28,29). The Labute approximate surface area is 201 Å². The molecule has 178 valence electrons. The maximum absolute atomic E-state index is 13.5. The number of ether oxygens (including phenoxy) is 2. The van der Waals surface area contributed by atoms with Crippen LogP contribution in [0.1, 0.15) is 6.42 Å². The Morgan fingerprint density at radius 3 is 2.85 bits per heavy atom. The van der Waals surface area contributed by atoms with Crippen molar-refractivity contribution in [1.29, 1.82) is 0 Å². The van der Waals surface area contributed by atoms with Gasteiger partial charge in [-0.1, -0.05) is 17.7 Å². The molecule has 1 fully saturated rings. The van der Waals surface area contributed by atoms with Gasteiger partial charge in [-0.25, -0.2) is 14.4 Å². The highest BCUT2D eigenvalue weighted by Crippen LogP contribution is 2.33. The molecule has 0 radical (unpaired) electrons. The molecule has 1 aromatic heterocycles. The molecule has 1 aliphatic rings. The number of methoxy groups -OCH3 is 1. The van der Waals surface area contributed by atoms with E-state index in [0.29, 0.717) is 33.8 Å². The minimum Gasteiger partial charge on any atom is -0.494 e.